The number of nitrogens with one attached hydrogen (secondary N) is 1. The molecule has 1 heterocycles. The summed E-state index contributed by atoms with van der Waals surface area (Å²) in [4.78, 5) is 0. The van der Waals surface area contributed by atoms with E-state index in [-0.39, 0.29) is 5.41 Å². The quantitative estimate of drug-likeness (QED) is 0.777. The van der Waals surface area contributed by atoms with E-state index in [0.29, 0.717) is 5.92 Å². The Balaban J connectivity index is 1.89. The minimum absolute atomic E-state index is 0.143. The van der Waals surface area contributed by atoms with Gasteiger partial charge in [-0.2, -0.15) is 13.2 Å². The van der Waals surface area contributed by atoms with Crippen molar-refractivity contribution in [2.75, 3.05) is 13.1 Å². The fraction of sp³-hybridized carbons (Fsp3) is 0.500. The summed E-state index contributed by atoms with van der Waals surface area (Å²) in [6.07, 6.45) is -3.11. The lowest BCUT2D eigenvalue weighted by molar-refractivity contribution is -0.137. The van der Waals surface area contributed by atoms with Gasteiger partial charge in [-0.1, -0.05) is 12.1 Å². The van der Waals surface area contributed by atoms with Crippen LogP contribution in [-0.4, -0.2) is 13.1 Å². The Morgan fingerprint density at radius 2 is 1.88 bits per heavy atom. The van der Waals surface area contributed by atoms with Gasteiger partial charge in [-0.05, 0) is 36.6 Å². The Bertz CT molecular complexity index is 409. The second-order valence-electron chi connectivity index (χ2n) is 4.76. The maximum absolute atomic E-state index is 12.4. The largest absolute Gasteiger partial charge is 0.416 e. The van der Waals surface area contributed by atoms with Crippen molar-refractivity contribution in [2.45, 2.75) is 18.0 Å². The molecule has 0 unspecified atom stereocenters. The van der Waals surface area contributed by atoms with Crippen molar-refractivity contribution in [3.05, 3.63) is 35.4 Å². The van der Waals surface area contributed by atoms with Crippen LogP contribution in [0.4, 0.5) is 13.2 Å². The molecule has 4 heteroatoms. The van der Waals surface area contributed by atoms with Crippen LogP contribution in [0.5, 0.6) is 0 Å². The number of alkyl halides is 3. The second kappa shape index (κ2) is 3.00. The third-order valence-corrected chi connectivity index (χ3v) is 3.85. The minimum Gasteiger partial charge on any atom is -0.316 e. The average Bonchev–Trinajstić information content (AvgIpc) is 2.81. The standard InChI is InChI=1S/C12H12F3N/c13-12(14,15)9-3-1-8(2-4-9)11-5-10(11)6-16-7-11/h1-4,10,16H,5-7H2/t10-,11-/m0/s1. The number of rotatable bonds is 1. The van der Waals surface area contributed by atoms with E-state index < -0.39 is 11.7 Å². The summed E-state index contributed by atoms with van der Waals surface area (Å²) in [5, 5.41) is 3.28. The minimum atomic E-state index is -4.23. The van der Waals surface area contributed by atoms with E-state index in [1.165, 1.54) is 12.1 Å². The van der Waals surface area contributed by atoms with Gasteiger partial charge in [0.25, 0.3) is 0 Å². The lowest BCUT2D eigenvalue weighted by Gasteiger charge is -2.13. The molecule has 0 spiro atoms. The van der Waals surface area contributed by atoms with Crippen molar-refractivity contribution >= 4 is 0 Å². The third-order valence-electron chi connectivity index (χ3n) is 3.85. The highest BCUT2D eigenvalue weighted by molar-refractivity contribution is 5.38. The second-order valence-corrected chi connectivity index (χ2v) is 4.76. The van der Waals surface area contributed by atoms with Crippen molar-refractivity contribution in [3.63, 3.8) is 0 Å². The van der Waals surface area contributed by atoms with E-state index in [0.717, 1.165) is 25.1 Å². The fourth-order valence-corrected chi connectivity index (χ4v) is 2.78. The van der Waals surface area contributed by atoms with Gasteiger partial charge in [-0.15, -0.1) is 0 Å². The topological polar surface area (TPSA) is 12.0 Å². The predicted octanol–water partition coefficient (Wildman–Crippen LogP) is 2.57. The third kappa shape index (κ3) is 1.36. The average molecular weight is 227 g/mol. The van der Waals surface area contributed by atoms with E-state index in [1.807, 2.05) is 0 Å². The lowest BCUT2D eigenvalue weighted by atomic mass is 9.94. The molecule has 1 saturated carbocycles. The maximum Gasteiger partial charge on any atom is 0.416 e. The lowest BCUT2D eigenvalue weighted by Crippen LogP contribution is -2.19. The highest BCUT2D eigenvalue weighted by Crippen LogP contribution is 2.56. The summed E-state index contributed by atoms with van der Waals surface area (Å²) < 4.78 is 37.2. The highest BCUT2D eigenvalue weighted by atomic mass is 19.4. The van der Waals surface area contributed by atoms with Gasteiger partial charge in [0, 0.05) is 12.0 Å². The van der Waals surface area contributed by atoms with Gasteiger partial charge in [0.05, 0.1) is 5.56 Å². The molecule has 2 fully saturated rings. The number of hydrogen-bond acceptors (Lipinski definition) is 1. The molecule has 86 valence electrons. The molecule has 0 amide bonds. The molecule has 1 saturated heterocycles. The summed E-state index contributed by atoms with van der Waals surface area (Å²) in [7, 11) is 0. The molecule has 1 nitrogen and oxygen atoms in total. The Morgan fingerprint density at radius 1 is 1.19 bits per heavy atom. The normalized spacial score (nSPS) is 32.6. The Labute approximate surface area is 91.7 Å². The molecule has 1 aliphatic carbocycles. The van der Waals surface area contributed by atoms with Crippen LogP contribution in [0.1, 0.15) is 17.5 Å². The predicted molar refractivity (Wildman–Crippen MR) is 54.1 cm³/mol. The van der Waals surface area contributed by atoms with Gasteiger partial charge >= 0.3 is 6.18 Å². The van der Waals surface area contributed by atoms with Crippen molar-refractivity contribution in [2.24, 2.45) is 5.92 Å². The first-order chi connectivity index (χ1) is 7.52. The summed E-state index contributed by atoms with van der Waals surface area (Å²) in [6.45, 7) is 1.91. The number of benzene rings is 1. The van der Waals surface area contributed by atoms with Crippen LogP contribution in [0.3, 0.4) is 0 Å². The molecule has 1 aromatic rings. The van der Waals surface area contributed by atoms with Gasteiger partial charge < -0.3 is 5.32 Å². The van der Waals surface area contributed by atoms with Crippen molar-refractivity contribution in [1.82, 2.24) is 5.32 Å². The smallest absolute Gasteiger partial charge is 0.316 e. The van der Waals surface area contributed by atoms with E-state index in [4.69, 9.17) is 0 Å². The fourth-order valence-electron chi connectivity index (χ4n) is 2.78. The first-order valence-electron chi connectivity index (χ1n) is 5.41. The molecule has 0 aromatic heterocycles. The van der Waals surface area contributed by atoms with E-state index in [1.54, 1.807) is 12.1 Å². The van der Waals surface area contributed by atoms with Gasteiger partial charge in [0.2, 0.25) is 0 Å². The highest BCUT2D eigenvalue weighted by Gasteiger charge is 2.57. The van der Waals surface area contributed by atoms with Crippen LogP contribution >= 0.6 is 0 Å². The maximum atomic E-state index is 12.4. The molecule has 1 N–H and O–H groups in total. The molecule has 1 aliphatic heterocycles. The number of halogens is 3. The van der Waals surface area contributed by atoms with Crippen molar-refractivity contribution in [3.8, 4) is 0 Å². The zero-order valence-electron chi connectivity index (χ0n) is 8.64. The molecule has 2 aliphatic rings. The zero-order chi connectivity index (χ0) is 11.4. The number of hydrogen-bond donors (Lipinski definition) is 1. The first-order valence-corrected chi connectivity index (χ1v) is 5.41. The molecule has 3 rings (SSSR count). The van der Waals surface area contributed by atoms with Crippen molar-refractivity contribution in [1.29, 1.82) is 0 Å². The molecular formula is C12H12F3N. The van der Waals surface area contributed by atoms with Crippen LogP contribution in [-0.2, 0) is 11.6 Å². The van der Waals surface area contributed by atoms with E-state index >= 15 is 0 Å². The van der Waals surface area contributed by atoms with Crippen LogP contribution in [0.2, 0.25) is 0 Å². The molecule has 0 radical (unpaired) electrons. The zero-order valence-corrected chi connectivity index (χ0v) is 8.64. The summed E-state index contributed by atoms with van der Waals surface area (Å²) in [6, 6.07) is 5.65. The van der Waals surface area contributed by atoms with Crippen LogP contribution < -0.4 is 5.32 Å². The molecule has 0 bridgehead atoms. The summed E-state index contributed by atoms with van der Waals surface area (Å²) in [5.41, 5.74) is 0.635. The van der Waals surface area contributed by atoms with Crippen molar-refractivity contribution < 1.29 is 13.2 Å². The molecular weight excluding hydrogens is 215 g/mol. The number of fused-ring (bicyclic) bond motifs is 1. The Kier molecular flexibility index (Phi) is 1.90. The van der Waals surface area contributed by atoms with Gasteiger partial charge in [-0.25, -0.2) is 0 Å². The number of piperidine rings is 1. The molecule has 2 atom stereocenters. The van der Waals surface area contributed by atoms with Crippen LogP contribution in [0.15, 0.2) is 24.3 Å². The van der Waals surface area contributed by atoms with Gasteiger partial charge in [-0.3, -0.25) is 0 Å². The molecule has 1 aromatic carbocycles. The Hall–Kier alpha value is -1.03. The Morgan fingerprint density at radius 3 is 2.31 bits per heavy atom. The SMILES string of the molecule is FC(F)(F)c1ccc([C@]23CNC[C@@H]2C3)cc1. The van der Waals surface area contributed by atoms with E-state index in [2.05, 4.69) is 5.32 Å². The summed E-state index contributed by atoms with van der Waals surface area (Å²) >= 11 is 0. The first kappa shape index (κ1) is 10.1. The van der Waals surface area contributed by atoms with Gasteiger partial charge in [0.1, 0.15) is 0 Å². The monoisotopic (exact) mass is 227 g/mol. The molecule has 16 heavy (non-hydrogen) atoms. The van der Waals surface area contributed by atoms with Crippen LogP contribution in [0, 0.1) is 5.92 Å². The van der Waals surface area contributed by atoms with E-state index in [9.17, 15) is 13.2 Å². The van der Waals surface area contributed by atoms with Gasteiger partial charge in [0.15, 0.2) is 0 Å². The summed E-state index contributed by atoms with van der Waals surface area (Å²) in [5.74, 6) is 0.629. The van der Waals surface area contributed by atoms with Crippen LogP contribution in [0.25, 0.3) is 0 Å².